The quantitative estimate of drug-likeness (QED) is 0.0969. The van der Waals surface area contributed by atoms with Crippen LogP contribution in [0, 0.1) is 6.92 Å². The molecule has 2 aliphatic heterocycles. The molecule has 0 bridgehead atoms. The molecule has 4 heterocycles. The Morgan fingerprint density at radius 3 is 2.03 bits per heavy atom. The summed E-state index contributed by atoms with van der Waals surface area (Å²) >= 11 is 7.17. The first-order chi connectivity index (χ1) is 31.3. The first-order valence-corrected chi connectivity index (χ1v) is 20.7. The van der Waals surface area contributed by atoms with E-state index in [-0.39, 0.29) is 82.9 Å². The second kappa shape index (κ2) is 19.0. The van der Waals surface area contributed by atoms with Gasteiger partial charge in [0.15, 0.2) is 0 Å². The van der Waals surface area contributed by atoms with Crippen molar-refractivity contribution in [2.24, 2.45) is 4.99 Å². The Kier molecular flexibility index (Phi) is 13.0. The molecule has 0 radical (unpaired) electrons. The minimum Gasteiger partial charge on any atom is -0.497 e. The number of hydrogen-bond donors (Lipinski definition) is 2. The van der Waals surface area contributed by atoms with E-state index in [1.54, 1.807) is 44.6 Å². The molecule has 2 N–H and O–H groups in total. The normalized spacial score (nSPS) is 13.0. The summed E-state index contributed by atoms with van der Waals surface area (Å²) in [5, 5.41) is 6.78. The number of aryl methyl sites for hydroxylation is 1. The average molecular weight is 912 g/mol. The van der Waals surface area contributed by atoms with Gasteiger partial charge in [0.1, 0.15) is 53.4 Å². The van der Waals surface area contributed by atoms with Crippen molar-refractivity contribution in [3.05, 3.63) is 164 Å². The summed E-state index contributed by atoms with van der Waals surface area (Å²) in [7, 11) is 4.70. The van der Waals surface area contributed by atoms with Crippen LogP contribution in [0.15, 0.2) is 115 Å². The number of anilines is 2. The number of alkyl halides is 5. The molecule has 4 aromatic carbocycles. The van der Waals surface area contributed by atoms with Gasteiger partial charge < -0.3 is 39.4 Å². The van der Waals surface area contributed by atoms with E-state index in [9.17, 15) is 8.78 Å². The molecule has 65 heavy (non-hydrogen) atoms. The van der Waals surface area contributed by atoms with Crippen molar-refractivity contribution in [1.82, 2.24) is 20.2 Å². The van der Waals surface area contributed by atoms with Crippen molar-refractivity contribution >= 4 is 29.1 Å². The first-order valence-electron chi connectivity index (χ1n) is 20.3. The highest BCUT2D eigenvalue weighted by molar-refractivity contribution is 6.33. The van der Waals surface area contributed by atoms with E-state index in [1.165, 1.54) is 37.6 Å². The summed E-state index contributed by atoms with van der Waals surface area (Å²) in [4.78, 5) is 17.3. The van der Waals surface area contributed by atoms with Gasteiger partial charge in [-0.25, -0.2) is 18.7 Å². The molecule has 0 saturated heterocycles. The molecule has 0 saturated carbocycles. The SMILES string of the molecule is COc1ccc(CNc2nccc(C(F)F)c2CN2C=COc3cc(-c4nc(N(Cc5ccc(OC)cc5)Cc5ccc(OC)cc5)cc(C)c4C(F)(F)F)c(Cl)c4c3=C2NCN=4)cc1. The van der Waals surface area contributed by atoms with E-state index < -0.39 is 23.9 Å². The monoisotopic (exact) mass is 911 g/mol. The van der Waals surface area contributed by atoms with Gasteiger partial charge >= 0.3 is 6.18 Å². The number of ether oxygens (including phenoxy) is 4. The molecule has 0 atom stereocenters. The third-order valence-electron chi connectivity index (χ3n) is 11.1. The number of hydrogen-bond acceptors (Lipinski definition) is 11. The average Bonchev–Trinajstić information content (AvgIpc) is 3.48. The minimum atomic E-state index is -4.84. The maximum absolute atomic E-state index is 15.2. The number of pyridine rings is 2. The number of nitrogens with one attached hydrogen (secondary N) is 2. The molecule has 0 amide bonds. The fourth-order valence-electron chi connectivity index (χ4n) is 7.79. The number of nitrogens with zero attached hydrogens (tertiary/aromatic N) is 5. The number of halogens is 6. The van der Waals surface area contributed by atoms with Crippen molar-refractivity contribution in [3.8, 4) is 34.3 Å². The van der Waals surface area contributed by atoms with Crippen LogP contribution in [0.25, 0.3) is 17.1 Å². The summed E-state index contributed by atoms with van der Waals surface area (Å²) in [6.45, 7) is 2.08. The Balaban J connectivity index is 1.22. The van der Waals surface area contributed by atoms with Crippen LogP contribution in [0.3, 0.4) is 0 Å². The lowest BCUT2D eigenvalue weighted by molar-refractivity contribution is -0.137. The zero-order valence-corrected chi connectivity index (χ0v) is 36.4. The largest absolute Gasteiger partial charge is 0.497 e. The van der Waals surface area contributed by atoms with E-state index in [1.807, 2.05) is 65.6 Å². The Morgan fingerprint density at radius 2 is 1.46 bits per heavy atom. The Labute approximate surface area is 376 Å². The predicted octanol–water partition coefficient (Wildman–Crippen LogP) is 9.52. The third-order valence-corrected chi connectivity index (χ3v) is 11.4. The molecule has 0 aliphatic carbocycles. The molecule has 8 rings (SSSR count). The molecule has 0 spiro atoms. The third kappa shape index (κ3) is 9.58. The second-order valence-electron chi connectivity index (χ2n) is 15.1. The van der Waals surface area contributed by atoms with E-state index in [4.69, 9.17) is 35.5 Å². The van der Waals surface area contributed by atoms with Gasteiger partial charge in [0.2, 0.25) is 0 Å². The van der Waals surface area contributed by atoms with Crippen molar-refractivity contribution < 1.29 is 40.9 Å². The summed E-state index contributed by atoms with van der Waals surface area (Å²) in [6.07, 6.45) is -3.48. The summed E-state index contributed by atoms with van der Waals surface area (Å²) in [6, 6.07) is 26.2. The van der Waals surface area contributed by atoms with Crippen LogP contribution < -0.4 is 45.1 Å². The van der Waals surface area contributed by atoms with Gasteiger partial charge in [-0.2, -0.15) is 13.2 Å². The van der Waals surface area contributed by atoms with Crippen LogP contribution in [0.4, 0.5) is 33.6 Å². The topological polar surface area (TPSA) is 106 Å². The molecule has 336 valence electrons. The standard InChI is InChI=1S/C48H43ClF5N7O4/c1-28-21-39(61(24-30-7-13-33(63-3)14-8-30)25-31-9-15-34(64-4)16-10-31)59-43(41(28)48(52,53)54)36-22-38-40-44(42(36)49)57-27-58-47(40)60(19-20-65-38)26-37-35(45(50)51)17-18-55-46(37)56-23-29-5-11-32(62-2)12-6-29/h5-22,45,58H,23-27H2,1-4H3,(H,55,56). The van der Waals surface area contributed by atoms with E-state index in [0.29, 0.717) is 28.3 Å². The summed E-state index contributed by atoms with van der Waals surface area (Å²) < 4.78 is 97.1. The van der Waals surface area contributed by atoms with E-state index >= 15 is 13.2 Å². The van der Waals surface area contributed by atoms with Crippen molar-refractivity contribution in [1.29, 1.82) is 0 Å². The highest BCUT2D eigenvalue weighted by Gasteiger charge is 2.38. The Morgan fingerprint density at radius 1 is 0.862 bits per heavy atom. The zero-order chi connectivity index (χ0) is 45.8. The van der Waals surface area contributed by atoms with Gasteiger partial charge in [0.05, 0.1) is 54.7 Å². The molecule has 17 heteroatoms. The van der Waals surface area contributed by atoms with E-state index in [0.717, 1.165) is 16.7 Å². The molecular weight excluding hydrogens is 869 g/mol. The fraction of sp³-hybridized carbons (Fsp3) is 0.229. The summed E-state index contributed by atoms with van der Waals surface area (Å²) in [5.74, 6) is 2.99. The number of methoxy groups -OCH3 is 3. The van der Waals surface area contributed by atoms with Gasteiger partial charge in [-0.15, -0.1) is 0 Å². The molecule has 6 aromatic rings. The van der Waals surface area contributed by atoms with Gasteiger partial charge in [-0.3, -0.25) is 4.99 Å². The number of aromatic nitrogens is 2. The van der Waals surface area contributed by atoms with Gasteiger partial charge in [0, 0.05) is 48.7 Å². The predicted molar refractivity (Wildman–Crippen MR) is 237 cm³/mol. The van der Waals surface area contributed by atoms with Crippen LogP contribution in [0.1, 0.15) is 45.4 Å². The van der Waals surface area contributed by atoms with Crippen LogP contribution >= 0.6 is 11.6 Å². The second-order valence-corrected chi connectivity index (χ2v) is 15.5. The molecule has 0 unspecified atom stereocenters. The smallest absolute Gasteiger partial charge is 0.418 e. The van der Waals surface area contributed by atoms with Crippen LogP contribution in [-0.4, -0.2) is 42.9 Å². The Bertz CT molecular complexity index is 2800. The van der Waals surface area contributed by atoms with Crippen LogP contribution in [0.5, 0.6) is 23.0 Å². The zero-order valence-electron chi connectivity index (χ0n) is 35.6. The maximum atomic E-state index is 15.2. The van der Waals surface area contributed by atoms with Crippen molar-refractivity contribution in [2.45, 2.75) is 45.7 Å². The molecular formula is C48H43ClF5N7O4. The molecule has 0 fully saturated rings. The number of rotatable bonds is 15. The van der Waals surface area contributed by atoms with Gasteiger partial charge in [0.25, 0.3) is 6.43 Å². The Hall–Kier alpha value is -7.07. The minimum absolute atomic E-state index is 0.0390. The van der Waals surface area contributed by atoms with Crippen LogP contribution in [-0.2, 0) is 32.4 Å². The highest BCUT2D eigenvalue weighted by Crippen LogP contribution is 2.42. The molecule has 2 aliphatic rings. The lowest BCUT2D eigenvalue weighted by Gasteiger charge is -2.28. The lowest BCUT2D eigenvalue weighted by Crippen LogP contribution is -2.44. The highest BCUT2D eigenvalue weighted by atomic mass is 35.5. The maximum Gasteiger partial charge on any atom is 0.418 e. The molecule has 11 nitrogen and oxygen atoms in total. The van der Waals surface area contributed by atoms with Crippen LogP contribution in [0.2, 0.25) is 5.02 Å². The van der Waals surface area contributed by atoms with Crippen molar-refractivity contribution in [3.63, 3.8) is 0 Å². The van der Waals surface area contributed by atoms with E-state index in [2.05, 4.69) is 20.6 Å². The van der Waals surface area contributed by atoms with Gasteiger partial charge in [-0.05, 0) is 83.8 Å². The number of benzene rings is 4. The van der Waals surface area contributed by atoms with Crippen molar-refractivity contribution in [2.75, 3.05) is 38.2 Å². The molecule has 2 aromatic heterocycles. The summed E-state index contributed by atoms with van der Waals surface area (Å²) in [5.41, 5.74) is 1.04. The lowest BCUT2D eigenvalue weighted by atomic mass is 9.99. The fourth-order valence-corrected chi connectivity index (χ4v) is 8.09. The van der Waals surface area contributed by atoms with Gasteiger partial charge in [-0.1, -0.05) is 48.0 Å². The first kappa shape index (κ1) is 44.5.